The van der Waals surface area contributed by atoms with Crippen LogP contribution in [-0.4, -0.2) is 5.91 Å². The number of benzene rings is 1. The van der Waals surface area contributed by atoms with Crippen LogP contribution in [0.4, 0.5) is 18.9 Å². The summed E-state index contributed by atoms with van der Waals surface area (Å²) >= 11 is 0. The minimum Gasteiger partial charge on any atom is -0.321 e. The smallest absolute Gasteiger partial charge is 0.321 e. The summed E-state index contributed by atoms with van der Waals surface area (Å²) in [5.74, 6) is -0.688. The molecule has 2 bridgehead atoms. The van der Waals surface area contributed by atoms with E-state index >= 15 is 0 Å². The lowest BCUT2D eigenvalue weighted by atomic mass is 10.1. The summed E-state index contributed by atoms with van der Waals surface area (Å²) in [5, 5.41) is 2.14. The lowest BCUT2D eigenvalue weighted by Crippen LogP contribution is -2.07. The van der Waals surface area contributed by atoms with Crippen LogP contribution in [0.1, 0.15) is 15.9 Å². The van der Waals surface area contributed by atoms with Crippen molar-refractivity contribution in [1.82, 2.24) is 0 Å². The first kappa shape index (κ1) is 8.10. The summed E-state index contributed by atoms with van der Waals surface area (Å²) in [6.07, 6.45) is -4.47. The van der Waals surface area contributed by atoms with Crippen molar-refractivity contribution in [3.05, 3.63) is 29.3 Å². The third-order valence-corrected chi connectivity index (χ3v) is 1.84. The monoisotopic (exact) mass is 187 g/mol. The molecule has 1 amide bonds. The standard InChI is InChI=1S/C8H4F3NO/c9-8(10,11)6-4-2-1-3-5(6)12-7(4)13/h1-3H,(H,12,13). The van der Waals surface area contributed by atoms with Gasteiger partial charge in [0.1, 0.15) is 0 Å². The van der Waals surface area contributed by atoms with Crippen molar-refractivity contribution in [3.63, 3.8) is 0 Å². The maximum Gasteiger partial charge on any atom is 0.419 e. The van der Waals surface area contributed by atoms with Crippen molar-refractivity contribution in [2.75, 3.05) is 5.32 Å². The molecule has 1 aromatic rings. The molecule has 1 aliphatic rings. The van der Waals surface area contributed by atoms with Crippen LogP contribution < -0.4 is 5.32 Å². The van der Waals surface area contributed by atoms with E-state index in [4.69, 9.17) is 0 Å². The molecular weight excluding hydrogens is 183 g/mol. The Morgan fingerprint density at radius 1 is 1.23 bits per heavy atom. The molecule has 1 aliphatic heterocycles. The summed E-state index contributed by atoms with van der Waals surface area (Å²) in [7, 11) is 0. The average Bonchev–Trinajstić information content (AvgIpc) is 2.20. The molecule has 0 spiro atoms. The van der Waals surface area contributed by atoms with E-state index in [0.717, 1.165) is 6.07 Å². The molecule has 1 heterocycles. The van der Waals surface area contributed by atoms with Crippen LogP contribution in [0.25, 0.3) is 0 Å². The van der Waals surface area contributed by atoms with Gasteiger partial charge in [-0.2, -0.15) is 13.2 Å². The maximum atomic E-state index is 12.3. The Kier molecular flexibility index (Phi) is 1.40. The molecule has 13 heavy (non-hydrogen) atoms. The molecule has 0 saturated carbocycles. The van der Waals surface area contributed by atoms with Gasteiger partial charge in [0, 0.05) is 0 Å². The summed E-state index contributed by atoms with van der Waals surface area (Å²) in [5.41, 5.74) is -1.32. The first-order chi connectivity index (χ1) is 6.00. The van der Waals surface area contributed by atoms with Gasteiger partial charge >= 0.3 is 6.18 Å². The van der Waals surface area contributed by atoms with Gasteiger partial charge in [-0.15, -0.1) is 0 Å². The number of rotatable bonds is 0. The van der Waals surface area contributed by atoms with E-state index in [-0.39, 0.29) is 11.3 Å². The number of carbonyl (C=O) groups is 1. The first-order valence-corrected chi connectivity index (χ1v) is 3.52. The molecule has 0 unspecified atom stereocenters. The van der Waals surface area contributed by atoms with Crippen molar-refractivity contribution in [2.45, 2.75) is 6.18 Å². The topological polar surface area (TPSA) is 29.1 Å². The Balaban J connectivity index is 2.68. The van der Waals surface area contributed by atoms with Crippen LogP contribution in [0.5, 0.6) is 0 Å². The maximum absolute atomic E-state index is 12.3. The van der Waals surface area contributed by atoms with Gasteiger partial charge < -0.3 is 5.32 Å². The van der Waals surface area contributed by atoms with Crippen molar-refractivity contribution < 1.29 is 18.0 Å². The van der Waals surface area contributed by atoms with Crippen LogP contribution >= 0.6 is 0 Å². The number of hydrogen-bond acceptors (Lipinski definition) is 1. The Bertz CT molecular complexity index is 383. The summed E-state index contributed by atoms with van der Waals surface area (Å²) in [6, 6.07) is 3.81. The molecule has 0 fully saturated rings. The second-order valence-electron chi connectivity index (χ2n) is 2.68. The predicted molar refractivity (Wildman–Crippen MR) is 39.4 cm³/mol. The molecule has 0 aliphatic carbocycles. The van der Waals surface area contributed by atoms with E-state index < -0.39 is 17.6 Å². The molecule has 68 valence electrons. The van der Waals surface area contributed by atoms with Gasteiger partial charge in [-0.3, -0.25) is 4.79 Å². The fourth-order valence-corrected chi connectivity index (χ4v) is 1.34. The number of hydrogen-bond donors (Lipinski definition) is 1. The fourth-order valence-electron chi connectivity index (χ4n) is 1.34. The van der Waals surface area contributed by atoms with Gasteiger partial charge in [-0.25, -0.2) is 0 Å². The second kappa shape index (κ2) is 2.25. The van der Waals surface area contributed by atoms with Crippen LogP contribution in [0.3, 0.4) is 0 Å². The van der Waals surface area contributed by atoms with Crippen LogP contribution in [0, 0.1) is 0 Å². The molecule has 1 N–H and O–H groups in total. The number of carbonyl (C=O) groups excluding carboxylic acids is 1. The van der Waals surface area contributed by atoms with E-state index in [1.165, 1.54) is 12.1 Å². The number of alkyl halides is 3. The lowest BCUT2D eigenvalue weighted by molar-refractivity contribution is -0.136. The first-order valence-electron chi connectivity index (χ1n) is 3.52. The minimum atomic E-state index is -4.47. The Morgan fingerprint density at radius 3 is 2.38 bits per heavy atom. The Labute approximate surface area is 71.4 Å². The number of amides is 1. The van der Waals surface area contributed by atoms with Crippen molar-refractivity contribution in [1.29, 1.82) is 0 Å². The summed E-state index contributed by atoms with van der Waals surface area (Å²) in [4.78, 5) is 11.0. The molecule has 0 saturated heterocycles. The number of anilines is 1. The van der Waals surface area contributed by atoms with Gasteiger partial charge in [0.2, 0.25) is 0 Å². The highest BCUT2D eigenvalue weighted by molar-refractivity contribution is 6.11. The van der Waals surface area contributed by atoms with E-state index in [9.17, 15) is 18.0 Å². The Hall–Kier alpha value is -1.52. The van der Waals surface area contributed by atoms with Gasteiger partial charge in [0.25, 0.3) is 5.91 Å². The van der Waals surface area contributed by atoms with Gasteiger partial charge in [0.05, 0.1) is 16.8 Å². The molecule has 0 aromatic heterocycles. The van der Waals surface area contributed by atoms with Gasteiger partial charge in [-0.1, -0.05) is 6.07 Å². The highest BCUT2D eigenvalue weighted by Gasteiger charge is 2.41. The quantitative estimate of drug-likeness (QED) is 0.663. The van der Waals surface area contributed by atoms with Crippen molar-refractivity contribution >= 4 is 11.6 Å². The lowest BCUT2D eigenvalue weighted by Gasteiger charge is -2.06. The van der Waals surface area contributed by atoms with Crippen LogP contribution in [-0.2, 0) is 6.18 Å². The van der Waals surface area contributed by atoms with E-state index in [2.05, 4.69) is 5.32 Å². The molecule has 5 heteroatoms. The third-order valence-electron chi connectivity index (χ3n) is 1.84. The summed E-state index contributed by atoms with van der Waals surface area (Å²) in [6.45, 7) is 0. The highest BCUT2D eigenvalue weighted by atomic mass is 19.4. The van der Waals surface area contributed by atoms with E-state index in [0.29, 0.717) is 0 Å². The zero-order chi connectivity index (χ0) is 9.64. The normalized spacial score (nSPS) is 14.5. The largest absolute Gasteiger partial charge is 0.419 e. The SMILES string of the molecule is O=C1Nc2cccc1c2C(F)(F)F. The molecule has 2 rings (SSSR count). The zero-order valence-corrected chi connectivity index (χ0v) is 6.27. The van der Waals surface area contributed by atoms with E-state index in [1.807, 2.05) is 0 Å². The van der Waals surface area contributed by atoms with Gasteiger partial charge in [-0.05, 0) is 12.1 Å². The molecule has 0 radical (unpaired) electrons. The minimum absolute atomic E-state index is 0.157. The number of halogens is 3. The third kappa shape index (κ3) is 1.07. The fraction of sp³-hybridized carbons (Fsp3) is 0.125. The van der Waals surface area contributed by atoms with E-state index in [1.54, 1.807) is 0 Å². The number of fused-ring (bicyclic) bond motifs is 2. The summed E-state index contributed by atoms with van der Waals surface area (Å²) < 4.78 is 37.0. The van der Waals surface area contributed by atoms with Crippen molar-refractivity contribution in [3.8, 4) is 0 Å². The van der Waals surface area contributed by atoms with Crippen molar-refractivity contribution in [2.24, 2.45) is 0 Å². The molecule has 2 nitrogen and oxygen atoms in total. The average molecular weight is 187 g/mol. The molecule has 0 atom stereocenters. The zero-order valence-electron chi connectivity index (χ0n) is 6.27. The Morgan fingerprint density at radius 2 is 1.92 bits per heavy atom. The second-order valence-corrected chi connectivity index (χ2v) is 2.68. The molecular formula is C8H4F3NO. The molecule has 1 aromatic carbocycles. The van der Waals surface area contributed by atoms with Crippen LogP contribution in [0.15, 0.2) is 18.2 Å². The van der Waals surface area contributed by atoms with Gasteiger partial charge in [0.15, 0.2) is 0 Å². The predicted octanol–water partition coefficient (Wildman–Crippen LogP) is 2.27. The number of nitrogens with one attached hydrogen (secondary N) is 1. The van der Waals surface area contributed by atoms with Crippen LogP contribution in [0.2, 0.25) is 0 Å². The highest BCUT2D eigenvalue weighted by Crippen LogP contribution is 2.40.